The van der Waals surface area contributed by atoms with Crippen molar-refractivity contribution >= 4 is 36.6 Å². The SMILES string of the molecule is Cl.Cl.O=C(NC(CCN1CCC2(CC1)CCN(Cc1cccnc1)C2=O)c1ccccc1)c1ccco1. The van der Waals surface area contributed by atoms with Gasteiger partial charge in [0.2, 0.25) is 5.91 Å². The number of nitrogens with zero attached hydrogens (tertiary/aromatic N) is 3. The number of furan rings is 1. The smallest absolute Gasteiger partial charge is 0.287 e. The third-order valence-corrected chi connectivity index (χ3v) is 7.50. The molecule has 2 aliphatic rings. The van der Waals surface area contributed by atoms with Crippen molar-refractivity contribution in [3.05, 3.63) is 90.1 Å². The molecule has 2 saturated heterocycles. The fraction of sp³-hybridized carbons (Fsp3) is 0.393. The molecule has 7 nitrogen and oxygen atoms in total. The normalized spacial score (nSPS) is 17.6. The summed E-state index contributed by atoms with van der Waals surface area (Å²) in [6.07, 6.45) is 8.63. The number of carbonyl (C=O) groups excluding carboxylic acids is 2. The molecular formula is C28H34Cl2N4O3. The Morgan fingerprint density at radius 3 is 2.43 bits per heavy atom. The lowest BCUT2D eigenvalue weighted by Crippen LogP contribution is -2.45. The summed E-state index contributed by atoms with van der Waals surface area (Å²) in [5, 5.41) is 3.13. The summed E-state index contributed by atoms with van der Waals surface area (Å²) >= 11 is 0. The van der Waals surface area contributed by atoms with Crippen LogP contribution >= 0.6 is 24.8 Å². The summed E-state index contributed by atoms with van der Waals surface area (Å²) in [5.74, 6) is 0.419. The Bertz CT molecular complexity index is 1120. The number of hydrogen-bond acceptors (Lipinski definition) is 5. The number of amides is 2. The second kappa shape index (κ2) is 13.1. The van der Waals surface area contributed by atoms with Crippen LogP contribution in [0.5, 0.6) is 0 Å². The molecule has 9 heteroatoms. The van der Waals surface area contributed by atoms with Gasteiger partial charge < -0.3 is 19.5 Å². The van der Waals surface area contributed by atoms with E-state index in [0.717, 1.165) is 63.0 Å². The number of halogens is 2. The molecule has 3 aromatic rings. The summed E-state index contributed by atoms with van der Waals surface area (Å²) < 4.78 is 5.27. The van der Waals surface area contributed by atoms with Crippen LogP contribution < -0.4 is 5.32 Å². The fourth-order valence-corrected chi connectivity index (χ4v) is 5.38. The molecule has 5 rings (SSSR count). The van der Waals surface area contributed by atoms with Crippen LogP contribution in [0.25, 0.3) is 0 Å². The molecule has 4 heterocycles. The Balaban J connectivity index is 0.00000190. The molecule has 2 aliphatic heterocycles. The van der Waals surface area contributed by atoms with E-state index in [-0.39, 0.29) is 42.2 Å². The van der Waals surface area contributed by atoms with Gasteiger partial charge in [-0.1, -0.05) is 36.4 Å². The zero-order valence-electron chi connectivity index (χ0n) is 20.8. The molecule has 1 spiro atoms. The van der Waals surface area contributed by atoms with Crippen LogP contribution in [0.3, 0.4) is 0 Å². The van der Waals surface area contributed by atoms with Crippen molar-refractivity contribution in [2.24, 2.45) is 5.41 Å². The average Bonchev–Trinajstić information content (AvgIpc) is 3.54. The van der Waals surface area contributed by atoms with Crippen LogP contribution in [-0.4, -0.2) is 52.8 Å². The molecule has 37 heavy (non-hydrogen) atoms. The van der Waals surface area contributed by atoms with Crippen molar-refractivity contribution in [3.63, 3.8) is 0 Å². The van der Waals surface area contributed by atoms with Gasteiger partial charge in [0.1, 0.15) is 0 Å². The topological polar surface area (TPSA) is 78.7 Å². The van der Waals surface area contributed by atoms with Crippen molar-refractivity contribution in [2.45, 2.75) is 38.3 Å². The molecule has 2 fully saturated rings. The van der Waals surface area contributed by atoms with Gasteiger partial charge in [0.15, 0.2) is 5.76 Å². The maximum Gasteiger partial charge on any atom is 0.287 e. The zero-order chi connectivity index (χ0) is 24.1. The van der Waals surface area contributed by atoms with Crippen LogP contribution in [0.1, 0.15) is 53.4 Å². The van der Waals surface area contributed by atoms with Gasteiger partial charge in [-0.3, -0.25) is 14.6 Å². The van der Waals surface area contributed by atoms with Crippen LogP contribution in [0, 0.1) is 5.41 Å². The number of carbonyl (C=O) groups is 2. The summed E-state index contributed by atoms with van der Waals surface area (Å²) in [6, 6.07) is 17.3. The molecule has 0 bridgehead atoms. The minimum Gasteiger partial charge on any atom is -0.459 e. The molecule has 1 N–H and O–H groups in total. The Morgan fingerprint density at radius 2 is 1.76 bits per heavy atom. The highest BCUT2D eigenvalue weighted by Gasteiger charge is 2.47. The molecule has 2 aromatic heterocycles. The molecule has 0 saturated carbocycles. The van der Waals surface area contributed by atoms with E-state index in [4.69, 9.17) is 4.42 Å². The van der Waals surface area contributed by atoms with E-state index in [1.54, 1.807) is 18.3 Å². The highest BCUT2D eigenvalue weighted by atomic mass is 35.5. The molecular weight excluding hydrogens is 511 g/mol. The van der Waals surface area contributed by atoms with E-state index in [0.29, 0.717) is 18.2 Å². The van der Waals surface area contributed by atoms with E-state index >= 15 is 0 Å². The number of rotatable bonds is 8. The van der Waals surface area contributed by atoms with Crippen molar-refractivity contribution < 1.29 is 14.0 Å². The highest BCUT2D eigenvalue weighted by molar-refractivity contribution is 5.91. The van der Waals surface area contributed by atoms with E-state index in [1.165, 1.54) is 6.26 Å². The molecule has 0 aliphatic carbocycles. The lowest BCUT2D eigenvalue weighted by molar-refractivity contribution is -0.138. The summed E-state index contributed by atoms with van der Waals surface area (Å²) in [4.78, 5) is 34.6. The highest BCUT2D eigenvalue weighted by Crippen LogP contribution is 2.42. The van der Waals surface area contributed by atoms with Gasteiger partial charge in [-0.2, -0.15) is 0 Å². The van der Waals surface area contributed by atoms with E-state index in [1.807, 2.05) is 53.6 Å². The maximum atomic E-state index is 13.3. The van der Waals surface area contributed by atoms with Gasteiger partial charge in [-0.05, 0) is 68.1 Å². The van der Waals surface area contributed by atoms with Crippen molar-refractivity contribution in [2.75, 3.05) is 26.2 Å². The number of pyridine rings is 1. The summed E-state index contributed by atoms with van der Waals surface area (Å²) in [5.41, 5.74) is 1.95. The minimum atomic E-state index is -0.217. The zero-order valence-corrected chi connectivity index (χ0v) is 22.4. The summed E-state index contributed by atoms with van der Waals surface area (Å²) in [6.45, 7) is 4.14. The Kier molecular flexibility index (Phi) is 10.1. The van der Waals surface area contributed by atoms with Gasteiger partial charge in [-0.15, -0.1) is 24.8 Å². The van der Waals surface area contributed by atoms with Crippen LogP contribution in [-0.2, 0) is 11.3 Å². The van der Waals surface area contributed by atoms with Crippen molar-refractivity contribution in [3.8, 4) is 0 Å². The Morgan fingerprint density at radius 1 is 1.00 bits per heavy atom. The van der Waals surface area contributed by atoms with E-state index < -0.39 is 0 Å². The van der Waals surface area contributed by atoms with Gasteiger partial charge in [-0.25, -0.2) is 0 Å². The Labute approximate surface area is 230 Å². The number of likely N-dealkylation sites (tertiary alicyclic amines) is 2. The van der Waals surface area contributed by atoms with Crippen molar-refractivity contribution in [1.29, 1.82) is 0 Å². The largest absolute Gasteiger partial charge is 0.459 e. The van der Waals surface area contributed by atoms with Crippen LogP contribution in [0.2, 0.25) is 0 Å². The predicted molar refractivity (Wildman–Crippen MR) is 147 cm³/mol. The molecule has 1 unspecified atom stereocenters. The molecule has 0 radical (unpaired) electrons. The molecule has 2 amide bonds. The van der Waals surface area contributed by atoms with Crippen molar-refractivity contribution in [1.82, 2.24) is 20.1 Å². The molecule has 1 aromatic carbocycles. The quantitative estimate of drug-likeness (QED) is 0.436. The predicted octanol–water partition coefficient (Wildman–Crippen LogP) is 4.89. The first kappa shape index (κ1) is 28.7. The monoisotopic (exact) mass is 544 g/mol. The number of nitrogens with one attached hydrogen (secondary N) is 1. The second-order valence-corrected chi connectivity index (χ2v) is 9.66. The first-order valence-corrected chi connectivity index (χ1v) is 12.4. The maximum absolute atomic E-state index is 13.3. The average molecular weight is 546 g/mol. The van der Waals surface area contributed by atoms with Gasteiger partial charge in [0.05, 0.1) is 17.7 Å². The molecule has 1 atom stereocenters. The lowest BCUT2D eigenvalue weighted by Gasteiger charge is -2.38. The van der Waals surface area contributed by atoms with Gasteiger partial charge in [0.25, 0.3) is 5.91 Å². The van der Waals surface area contributed by atoms with Gasteiger partial charge >= 0.3 is 0 Å². The van der Waals surface area contributed by atoms with Crippen LogP contribution in [0.15, 0.2) is 77.7 Å². The Hall–Kier alpha value is -2.87. The third kappa shape index (κ3) is 6.72. The number of piperidine rings is 1. The standard InChI is InChI=1S/C28H32N4O3.2ClH/c33-26(25-9-5-19-35-25)30-24(23-7-2-1-3-8-23)10-15-31-16-11-28(12-17-31)13-18-32(27(28)34)21-22-6-4-14-29-20-22;;/h1-9,14,19-20,24H,10-13,15-18,21H2,(H,30,33);2*1H. The first-order valence-electron chi connectivity index (χ1n) is 12.4. The number of hydrogen-bond donors (Lipinski definition) is 1. The lowest BCUT2D eigenvalue weighted by atomic mass is 9.77. The second-order valence-electron chi connectivity index (χ2n) is 9.66. The summed E-state index contributed by atoms with van der Waals surface area (Å²) in [7, 11) is 0. The molecule has 198 valence electrons. The third-order valence-electron chi connectivity index (χ3n) is 7.50. The fourth-order valence-electron chi connectivity index (χ4n) is 5.38. The van der Waals surface area contributed by atoms with Crippen LogP contribution in [0.4, 0.5) is 0 Å². The van der Waals surface area contributed by atoms with E-state index in [2.05, 4.69) is 15.2 Å². The number of benzene rings is 1. The van der Waals surface area contributed by atoms with E-state index in [9.17, 15) is 9.59 Å². The first-order chi connectivity index (χ1) is 17.1. The van der Waals surface area contributed by atoms with Gasteiger partial charge in [0, 0.05) is 32.0 Å². The minimum absolute atomic E-state index is 0. The number of aromatic nitrogens is 1.